The fraction of sp³-hybridized carbons (Fsp3) is 0.0625. The molecule has 0 unspecified atom stereocenters. The zero-order valence-corrected chi connectivity index (χ0v) is 22.7. The summed E-state index contributed by atoms with van der Waals surface area (Å²) in [6, 6.07) is 42.7. The Labute approximate surface area is 235 Å². The fourth-order valence-electron chi connectivity index (χ4n) is 4.37. The van der Waals surface area contributed by atoms with Gasteiger partial charge in [0.25, 0.3) is 0 Å². The summed E-state index contributed by atoms with van der Waals surface area (Å²) in [6.45, 7) is 0.871. The van der Waals surface area contributed by atoms with Crippen molar-refractivity contribution in [1.29, 1.82) is 0 Å². The smallest absolute Gasteiger partial charge is 0.240 e. The first-order valence-corrected chi connectivity index (χ1v) is 14.4. The van der Waals surface area contributed by atoms with E-state index in [4.69, 9.17) is 5.14 Å². The summed E-state index contributed by atoms with van der Waals surface area (Å²) in [6.07, 6.45) is 0. The van der Waals surface area contributed by atoms with Crippen LogP contribution in [0.15, 0.2) is 138 Å². The van der Waals surface area contributed by atoms with Crippen molar-refractivity contribution in [3.8, 4) is 0 Å². The van der Waals surface area contributed by atoms with Gasteiger partial charge in [-0.15, -0.1) is 0 Å². The van der Waals surface area contributed by atoms with Crippen LogP contribution in [0.4, 0.5) is 28.4 Å². The van der Waals surface area contributed by atoms with Crippen LogP contribution in [0, 0.1) is 0 Å². The zero-order valence-electron chi connectivity index (χ0n) is 21.9. The van der Waals surface area contributed by atoms with Crippen molar-refractivity contribution in [1.82, 2.24) is 0 Å². The largest absolute Gasteiger partial charge is 0.379 e. The van der Waals surface area contributed by atoms with Gasteiger partial charge in [0.1, 0.15) is 4.90 Å². The quantitative estimate of drug-likeness (QED) is 0.137. The molecule has 0 atom stereocenters. The third kappa shape index (κ3) is 6.99. The number of hydrogen-bond acceptors (Lipinski definition) is 6. The molecule has 0 aliphatic carbocycles. The molecule has 0 aliphatic rings. The molecule has 202 valence electrons. The molecule has 0 aromatic heterocycles. The minimum Gasteiger partial charge on any atom is -0.379 e. The van der Waals surface area contributed by atoms with Crippen LogP contribution in [0.25, 0.3) is 0 Å². The number of benzene rings is 5. The molecule has 5 aromatic carbocycles. The van der Waals surface area contributed by atoms with E-state index in [-0.39, 0.29) is 4.90 Å². The average Bonchev–Trinajstić information content (AvgIpc) is 2.98. The highest BCUT2D eigenvalue weighted by atomic mass is 32.2. The molecule has 0 radical (unpaired) electrons. The van der Waals surface area contributed by atoms with Gasteiger partial charge in [0.05, 0.1) is 29.3 Å². The van der Waals surface area contributed by atoms with Crippen molar-refractivity contribution in [3.63, 3.8) is 0 Å². The standard InChI is InChI=1S/C32H31N5O2S/c33-40(38,39)31-22-26(24-37(29-19-11-4-12-20-29)36-28-17-9-3-10-18-28)21-30(34-23-25-13-5-1-6-14-25)32(31)35-27-15-7-2-8-16-27/h1-22,34-36H,23-24H2,(H2,33,38,39). The molecule has 7 nitrogen and oxygen atoms in total. The lowest BCUT2D eigenvalue weighted by Crippen LogP contribution is -2.29. The molecule has 0 saturated carbocycles. The number of rotatable bonds is 11. The predicted molar refractivity (Wildman–Crippen MR) is 164 cm³/mol. The van der Waals surface area contributed by atoms with Gasteiger partial charge in [-0.25, -0.2) is 13.6 Å². The van der Waals surface area contributed by atoms with Crippen molar-refractivity contribution in [3.05, 3.63) is 145 Å². The van der Waals surface area contributed by atoms with E-state index < -0.39 is 10.0 Å². The summed E-state index contributed by atoms with van der Waals surface area (Å²) in [4.78, 5) is 0.0112. The van der Waals surface area contributed by atoms with E-state index in [1.165, 1.54) is 0 Å². The van der Waals surface area contributed by atoms with Crippen LogP contribution in [-0.4, -0.2) is 8.42 Å². The Morgan fingerprint density at radius 2 is 1.20 bits per heavy atom. The van der Waals surface area contributed by atoms with Gasteiger partial charge in [0.2, 0.25) is 10.0 Å². The highest BCUT2D eigenvalue weighted by molar-refractivity contribution is 7.89. The van der Waals surface area contributed by atoms with Gasteiger partial charge >= 0.3 is 0 Å². The van der Waals surface area contributed by atoms with Crippen LogP contribution in [0.5, 0.6) is 0 Å². The van der Waals surface area contributed by atoms with E-state index in [0.717, 1.165) is 28.2 Å². The van der Waals surface area contributed by atoms with Gasteiger partial charge in [-0.05, 0) is 59.7 Å². The molecular formula is C32H31N5O2S. The molecule has 5 aromatic rings. The second-order valence-electron chi connectivity index (χ2n) is 9.29. The van der Waals surface area contributed by atoms with Gasteiger partial charge < -0.3 is 10.6 Å². The molecule has 0 amide bonds. The molecule has 0 heterocycles. The van der Waals surface area contributed by atoms with Crippen molar-refractivity contribution in [2.75, 3.05) is 21.1 Å². The number of hydrazine groups is 1. The fourth-order valence-corrected chi connectivity index (χ4v) is 5.13. The maximum Gasteiger partial charge on any atom is 0.240 e. The van der Waals surface area contributed by atoms with Gasteiger partial charge in [0, 0.05) is 12.2 Å². The Hall–Kier alpha value is -4.79. The SMILES string of the molecule is NS(=O)(=O)c1cc(CN(Nc2ccccc2)c2ccccc2)cc(NCc2ccccc2)c1Nc1ccccc1. The van der Waals surface area contributed by atoms with Crippen LogP contribution >= 0.6 is 0 Å². The Morgan fingerprint density at radius 3 is 1.80 bits per heavy atom. The number of sulfonamides is 1. The number of anilines is 5. The van der Waals surface area contributed by atoms with Gasteiger partial charge in [-0.1, -0.05) is 84.9 Å². The maximum atomic E-state index is 13.0. The van der Waals surface area contributed by atoms with Gasteiger partial charge in [0.15, 0.2) is 0 Å². The monoisotopic (exact) mass is 549 g/mol. The van der Waals surface area contributed by atoms with E-state index in [1.807, 2.05) is 132 Å². The van der Waals surface area contributed by atoms with E-state index >= 15 is 0 Å². The Morgan fingerprint density at radius 1 is 0.650 bits per heavy atom. The molecule has 5 rings (SSSR count). The minimum absolute atomic E-state index is 0.0112. The normalized spacial score (nSPS) is 11.0. The van der Waals surface area contributed by atoms with Crippen LogP contribution < -0.4 is 26.2 Å². The van der Waals surface area contributed by atoms with Crippen molar-refractivity contribution in [2.45, 2.75) is 18.0 Å². The van der Waals surface area contributed by atoms with Crippen LogP contribution in [0.2, 0.25) is 0 Å². The number of nitrogens with one attached hydrogen (secondary N) is 3. The molecule has 0 fully saturated rings. The molecule has 8 heteroatoms. The van der Waals surface area contributed by atoms with Crippen LogP contribution in [0.1, 0.15) is 11.1 Å². The van der Waals surface area contributed by atoms with Crippen LogP contribution in [0.3, 0.4) is 0 Å². The lowest BCUT2D eigenvalue weighted by Gasteiger charge is -2.28. The number of primary sulfonamides is 1. The van der Waals surface area contributed by atoms with Crippen molar-refractivity contribution < 1.29 is 8.42 Å². The molecule has 0 spiro atoms. The Balaban J connectivity index is 1.57. The molecule has 0 saturated heterocycles. The first-order valence-electron chi connectivity index (χ1n) is 12.9. The lowest BCUT2D eigenvalue weighted by atomic mass is 10.1. The molecule has 5 N–H and O–H groups in total. The van der Waals surface area contributed by atoms with Crippen molar-refractivity contribution >= 4 is 38.5 Å². The van der Waals surface area contributed by atoms with Crippen LogP contribution in [-0.2, 0) is 23.1 Å². The minimum atomic E-state index is -4.08. The van der Waals surface area contributed by atoms with Gasteiger partial charge in [-0.3, -0.25) is 10.4 Å². The summed E-state index contributed by atoms with van der Waals surface area (Å²) in [7, 11) is -4.08. The van der Waals surface area contributed by atoms with Gasteiger partial charge in [-0.2, -0.15) is 0 Å². The highest BCUT2D eigenvalue weighted by Crippen LogP contribution is 2.35. The Bertz CT molecular complexity index is 1630. The summed E-state index contributed by atoms with van der Waals surface area (Å²) >= 11 is 0. The number of nitrogens with zero attached hydrogens (tertiary/aromatic N) is 1. The molecule has 0 bridgehead atoms. The lowest BCUT2D eigenvalue weighted by molar-refractivity contribution is 0.598. The van der Waals surface area contributed by atoms with E-state index in [2.05, 4.69) is 16.1 Å². The maximum absolute atomic E-state index is 13.0. The number of hydrogen-bond donors (Lipinski definition) is 4. The molecule has 0 aliphatic heterocycles. The third-order valence-electron chi connectivity index (χ3n) is 6.28. The number of para-hydroxylation sites is 3. The summed E-state index contributed by atoms with van der Waals surface area (Å²) in [5.74, 6) is 0. The predicted octanol–water partition coefficient (Wildman–Crippen LogP) is 6.72. The summed E-state index contributed by atoms with van der Waals surface area (Å²) < 4.78 is 25.9. The first-order chi connectivity index (χ1) is 19.5. The topological polar surface area (TPSA) is 99.5 Å². The molecule has 40 heavy (non-hydrogen) atoms. The third-order valence-corrected chi connectivity index (χ3v) is 7.22. The summed E-state index contributed by atoms with van der Waals surface area (Å²) in [5, 5.41) is 14.5. The first kappa shape index (κ1) is 26.8. The molecular weight excluding hydrogens is 518 g/mol. The Kier molecular flexibility index (Phi) is 8.29. The highest BCUT2D eigenvalue weighted by Gasteiger charge is 2.21. The van der Waals surface area contributed by atoms with E-state index in [9.17, 15) is 8.42 Å². The average molecular weight is 550 g/mol. The van der Waals surface area contributed by atoms with E-state index in [1.54, 1.807) is 6.07 Å². The summed E-state index contributed by atoms with van der Waals surface area (Å²) in [5.41, 5.74) is 8.87. The second-order valence-corrected chi connectivity index (χ2v) is 10.8. The number of nitrogens with two attached hydrogens (primary N) is 1. The zero-order chi connectivity index (χ0) is 27.8. The van der Waals surface area contributed by atoms with Crippen molar-refractivity contribution in [2.24, 2.45) is 5.14 Å². The van der Waals surface area contributed by atoms with E-state index in [0.29, 0.717) is 24.5 Å². The second kappa shape index (κ2) is 12.4.